The van der Waals surface area contributed by atoms with Gasteiger partial charge >= 0.3 is 0 Å². The van der Waals surface area contributed by atoms with Gasteiger partial charge in [-0.2, -0.15) is 0 Å². The van der Waals surface area contributed by atoms with Crippen molar-refractivity contribution >= 4 is 11.6 Å². The molecule has 1 fully saturated rings. The van der Waals surface area contributed by atoms with Gasteiger partial charge in [0.2, 0.25) is 0 Å². The van der Waals surface area contributed by atoms with E-state index in [4.69, 9.17) is 13.9 Å². The van der Waals surface area contributed by atoms with Crippen LogP contribution >= 0.6 is 0 Å². The summed E-state index contributed by atoms with van der Waals surface area (Å²) in [6, 6.07) is 10.5. The molecular weight excluding hydrogens is 270 g/mol. The van der Waals surface area contributed by atoms with E-state index in [-0.39, 0.29) is 17.8 Å². The lowest BCUT2D eigenvalue weighted by Gasteiger charge is -2.11. The van der Waals surface area contributed by atoms with Crippen molar-refractivity contribution in [3.8, 4) is 5.75 Å². The normalized spacial score (nSPS) is 17.6. The fourth-order valence-electron chi connectivity index (χ4n) is 2.20. The largest absolute Gasteiger partial charge is 0.491 e. The Morgan fingerprint density at radius 3 is 2.81 bits per heavy atom. The minimum Gasteiger partial charge on any atom is -0.491 e. The Labute approximate surface area is 122 Å². The number of carbonyl (C=O) groups excluding carboxylic acids is 1. The molecule has 1 atom stereocenters. The van der Waals surface area contributed by atoms with Crippen molar-refractivity contribution in [2.75, 3.05) is 18.5 Å². The lowest BCUT2D eigenvalue weighted by Crippen LogP contribution is -2.16. The summed E-state index contributed by atoms with van der Waals surface area (Å²) in [6.07, 6.45) is 3.82. The van der Waals surface area contributed by atoms with Crippen molar-refractivity contribution in [2.45, 2.75) is 18.9 Å². The zero-order valence-electron chi connectivity index (χ0n) is 11.6. The van der Waals surface area contributed by atoms with E-state index in [0.29, 0.717) is 12.3 Å². The van der Waals surface area contributed by atoms with E-state index in [1.165, 1.54) is 6.26 Å². The van der Waals surface area contributed by atoms with Gasteiger partial charge in [0.1, 0.15) is 12.4 Å². The van der Waals surface area contributed by atoms with E-state index < -0.39 is 0 Å². The van der Waals surface area contributed by atoms with Crippen LogP contribution in [0.1, 0.15) is 23.4 Å². The van der Waals surface area contributed by atoms with Crippen molar-refractivity contribution in [1.29, 1.82) is 0 Å². The van der Waals surface area contributed by atoms with Crippen molar-refractivity contribution < 1.29 is 18.7 Å². The van der Waals surface area contributed by atoms with Crippen LogP contribution in [-0.4, -0.2) is 25.2 Å². The molecule has 1 aliphatic rings. The molecule has 1 aromatic carbocycles. The van der Waals surface area contributed by atoms with Gasteiger partial charge in [0.05, 0.1) is 12.4 Å². The van der Waals surface area contributed by atoms with Crippen molar-refractivity contribution in [3.63, 3.8) is 0 Å². The van der Waals surface area contributed by atoms with E-state index in [9.17, 15) is 4.79 Å². The average Bonchev–Trinajstić information content (AvgIpc) is 3.20. The van der Waals surface area contributed by atoms with Crippen LogP contribution in [0.2, 0.25) is 0 Å². The second-order valence-electron chi connectivity index (χ2n) is 4.90. The van der Waals surface area contributed by atoms with Gasteiger partial charge in [0, 0.05) is 12.3 Å². The summed E-state index contributed by atoms with van der Waals surface area (Å²) >= 11 is 0. The summed E-state index contributed by atoms with van der Waals surface area (Å²) in [4.78, 5) is 11.8. The number of nitrogens with one attached hydrogen (secondary N) is 1. The third-order valence-electron chi connectivity index (χ3n) is 3.32. The van der Waals surface area contributed by atoms with E-state index in [0.717, 1.165) is 25.2 Å². The van der Waals surface area contributed by atoms with Gasteiger partial charge in [0.15, 0.2) is 5.76 Å². The van der Waals surface area contributed by atoms with Crippen LogP contribution < -0.4 is 10.1 Å². The molecule has 0 radical (unpaired) electrons. The molecule has 2 heterocycles. The number of carbonyl (C=O) groups is 1. The van der Waals surface area contributed by atoms with Gasteiger partial charge < -0.3 is 19.2 Å². The van der Waals surface area contributed by atoms with Crippen LogP contribution in [0.5, 0.6) is 5.75 Å². The molecular formula is C16H17NO4. The Hall–Kier alpha value is -2.27. The summed E-state index contributed by atoms with van der Waals surface area (Å²) in [5.41, 5.74) is 0.695. The van der Waals surface area contributed by atoms with Gasteiger partial charge in [-0.3, -0.25) is 4.79 Å². The monoisotopic (exact) mass is 287 g/mol. The quantitative estimate of drug-likeness (QED) is 0.918. The highest BCUT2D eigenvalue weighted by Gasteiger charge is 2.16. The Morgan fingerprint density at radius 2 is 2.14 bits per heavy atom. The first kappa shape index (κ1) is 13.7. The summed E-state index contributed by atoms with van der Waals surface area (Å²) in [6.45, 7) is 1.39. The van der Waals surface area contributed by atoms with Crippen LogP contribution in [0.3, 0.4) is 0 Å². The maximum Gasteiger partial charge on any atom is 0.291 e. The fraction of sp³-hybridized carbons (Fsp3) is 0.312. The van der Waals surface area contributed by atoms with Gasteiger partial charge in [0.25, 0.3) is 5.91 Å². The minimum atomic E-state index is -0.270. The number of ether oxygens (including phenoxy) is 2. The molecule has 1 amide bonds. The third kappa shape index (κ3) is 3.64. The molecule has 0 saturated carbocycles. The molecule has 5 nitrogen and oxygen atoms in total. The zero-order valence-corrected chi connectivity index (χ0v) is 11.6. The summed E-state index contributed by atoms with van der Waals surface area (Å²) in [7, 11) is 0. The third-order valence-corrected chi connectivity index (χ3v) is 3.32. The number of hydrogen-bond donors (Lipinski definition) is 1. The second-order valence-corrected chi connectivity index (χ2v) is 4.90. The van der Waals surface area contributed by atoms with Crippen LogP contribution in [0.15, 0.2) is 47.1 Å². The lowest BCUT2D eigenvalue weighted by molar-refractivity contribution is 0.0679. The molecule has 0 aliphatic carbocycles. The first-order chi connectivity index (χ1) is 10.3. The number of hydrogen-bond acceptors (Lipinski definition) is 4. The van der Waals surface area contributed by atoms with Gasteiger partial charge in [-0.25, -0.2) is 0 Å². The topological polar surface area (TPSA) is 60.7 Å². The minimum absolute atomic E-state index is 0.198. The van der Waals surface area contributed by atoms with Crippen LogP contribution in [-0.2, 0) is 4.74 Å². The predicted molar refractivity (Wildman–Crippen MR) is 77.6 cm³/mol. The molecule has 1 unspecified atom stereocenters. The van der Waals surface area contributed by atoms with Crippen molar-refractivity contribution in [1.82, 2.24) is 0 Å². The number of furan rings is 1. The SMILES string of the molecule is O=C(Nc1ccc(OCC2CCCO2)cc1)c1ccco1. The highest BCUT2D eigenvalue weighted by molar-refractivity contribution is 6.02. The predicted octanol–water partition coefficient (Wildman–Crippen LogP) is 3.09. The first-order valence-corrected chi connectivity index (χ1v) is 7.00. The number of benzene rings is 1. The highest BCUT2D eigenvalue weighted by atomic mass is 16.5. The van der Waals surface area contributed by atoms with Crippen LogP contribution in [0, 0.1) is 0 Å². The fourth-order valence-corrected chi connectivity index (χ4v) is 2.20. The van der Waals surface area contributed by atoms with E-state index in [1.54, 1.807) is 24.3 Å². The number of amides is 1. The summed E-state index contributed by atoms with van der Waals surface area (Å²) in [5.74, 6) is 0.781. The van der Waals surface area contributed by atoms with Gasteiger partial charge in [-0.15, -0.1) is 0 Å². The Balaban J connectivity index is 1.52. The maximum absolute atomic E-state index is 11.8. The molecule has 5 heteroatoms. The zero-order chi connectivity index (χ0) is 14.5. The molecule has 21 heavy (non-hydrogen) atoms. The summed E-state index contributed by atoms with van der Waals surface area (Å²) in [5, 5.41) is 2.76. The second kappa shape index (κ2) is 6.45. The summed E-state index contributed by atoms with van der Waals surface area (Å²) < 4.78 is 16.2. The highest BCUT2D eigenvalue weighted by Crippen LogP contribution is 2.19. The molecule has 1 N–H and O–H groups in total. The first-order valence-electron chi connectivity index (χ1n) is 7.00. The molecule has 2 aromatic rings. The molecule has 1 aromatic heterocycles. The molecule has 0 bridgehead atoms. The molecule has 1 aliphatic heterocycles. The van der Waals surface area contributed by atoms with Crippen molar-refractivity contribution in [2.24, 2.45) is 0 Å². The maximum atomic E-state index is 11.8. The van der Waals surface area contributed by atoms with Crippen LogP contribution in [0.4, 0.5) is 5.69 Å². The molecule has 3 rings (SSSR count). The van der Waals surface area contributed by atoms with E-state index in [2.05, 4.69) is 5.32 Å². The Kier molecular flexibility index (Phi) is 4.21. The lowest BCUT2D eigenvalue weighted by atomic mass is 10.2. The average molecular weight is 287 g/mol. The van der Waals surface area contributed by atoms with Crippen molar-refractivity contribution in [3.05, 3.63) is 48.4 Å². The standard InChI is InChI=1S/C16H17NO4/c18-16(15-4-2-10-20-15)17-12-5-7-13(8-6-12)21-11-14-3-1-9-19-14/h2,4-8,10,14H,1,3,9,11H2,(H,17,18). The number of rotatable bonds is 5. The Bertz CT molecular complexity index is 571. The van der Waals surface area contributed by atoms with Crippen LogP contribution in [0.25, 0.3) is 0 Å². The van der Waals surface area contributed by atoms with E-state index >= 15 is 0 Å². The molecule has 110 valence electrons. The number of anilines is 1. The van der Waals surface area contributed by atoms with E-state index in [1.807, 2.05) is 12.1 Å². The van der Waals surface area contributed by atoms with Gasteiger partial charge in [-0.1, -0.05) is 0 Å². The Morgan fingerprint density at radius 1 is 1.29 bits per heavy atom. The molecule has 1 saturated heterocycles. The smallest absolute Gasteiger partial charge is 0.291 e. The molecule has 0 spiro atoms. The van der Waals surface area contributed by atoms with Gasteiger partial charge in [-0.05, 0) is 49.2 Å².